The lowest BCUT2D eigenvalue weighted by Gasteiger charge is -2.35. The van der Waals surface area contributed by atoms with Gasteiger partial charge in [-0.3, -0.25) is 27.1 Å². The first-order chi connectivity index (χ1) is 22.3. The van der Waals surface area contributed by atoms with Crippen molar-refractivity contribution in [2.45, 2.75) is 50.8 Å². The predicted molar refractivity (Wildman–Crippen MR) is 171 cm³/mol. The number of aliphatic hydroxyl groups is 2. The molecule has 0 radical (unpaired) electrons. The number of phosphoric acid groups is 2. The van der Waals surface area contributed by atoms with Gasteiger partial charge in [0.2, 0.25) is 0 Å². The second kappa shape index (κ2) is 16.5. The number of aliphatic hydroxyl groups excluding tert-OH is 2. The zero-order valence-electron chi connectivity index (χ0n) is 24.9. The maximum atomic E-state index is 13.8. The minimum Gasteiger partial charge on any atom is -0.387 e. The van der Waals surface area contributed by atoms with Crippen molar-refractivity contribution in [3.63, 3.8) is 0 Å². The van der Waals surface area contributed by atoms with Gasteiger partial charge in [-0.1, -0.05) is 133 Å². The van der Waals surface area contributed by atoms with E-state index in [4.69, 9.17) is 27.1 Å². The average molecular weight is 667 g/mol. The van der Waals surface area contributed by atoms with Crippen LogP contribution in [0.5, 0.6) is 0 Å². The fourth-order valence-corrected chi connectivity index (χ4v) is 7.04. The molecule has 242 valence electrons. The number of hydrogen-bond donors (Lipinski definition) is 2. The monoisotopic (exact) mass is 666 g/mol. The second-order valence-electron chi connectivity index (χ2n) is 10.4. The van der Waals surface area contributed by atoms with Crippen LogP contribution in [-0.4, -0.2) is 34.6 Å². The summed E-state index contributed by atoms with van der Waals surface area (Å²) < 4.78 is 61.7. The molecule has 0 aliphatic heterocycles. The smallest absolute Gasteiger partial charge is 0.387 e. The first-order valence-corrected chi connectivity index (χ1v) is 17.6. The summed E-state index contributed by atoms with van der Waals surface area (Å²) in [7, 11) is -8.60. The zero-order chi connectivity index (χ0) is 32.2. The minimum atomic E-state index is -4.30. The van der Waals surface area contributed by atoms with Gasteiger partial charge in [0, 0.05) is 0 Å². The van der Waals surface area contributed by atoms with E-state index in [1.807, 2.05) is 72.8 Å². The Balaban J connectivity index is 1.29. The Kier molecular flexibility index (Phi) is 12.3. The molecular weight excluding hydrogens is 630 g/mol. The molecule has 0 spiro atoms. The Morgan fingerprint density at radius 3 is 0.913 bits per heavy atom. The Bertz CT molecular complexity index is 1390. The molecule has 1 aliphatic carbocycles. The van der Waals surface area contributed by atoms with Crippen LogP contribution in [0.2, 0.25) is 0 Å². The van der Waals surface area contributed by atoms with Crippen LogP contribution in [-0.2, 0) is 62.7 Å². The lowest BCUT2D eigenvalue weighted by atomic mass is 9.96. The molecule has 5 rings (SSSR count). The van der Waals surface area contributed by atoms with Crippen molar-refractivity contribution < 1.29 is 46.5 Å². The first kappa shape index (κ1) is 34.1. The lowest BCUT2D eigenvalue weighted by Crippen LogP contribution is -2.47. The molecule has 0 unspecified atom stereocenters. The molecule has 0 aromatic heterocycles. The van der Waals surface area contributed by atoms with Crippen LogP contribution >= 0.6 is 15.6 Å². The summed E-state index contributed by atoms with van der Waals surface area (Å²) in [5.41, 5.74) is 2.91. The number of hydrogen-bond acceptors (Lipinski definition) is 10. The maximum absolute atomic E-state index is 13.8. The quantitative estimate of drug-likeness (QED) is 0.0941. The fourth-order valence-electron chi connectivity index (χ4n) is 4.44. The summed E-state index contributed by atoms with van der Waals surface area (Å²) >= 11 is 0. The van der Waals surface area contributed by atoms with Crippen LogP contribution in [0.4, 0.5) is 0 Å². The third-order valence-electron chi connectivity index (χ3n) is 6.94. The molecule has 0 saturated carbocycles. The Morgan fingerprint density at radius 2 is 0.674 bits per heavy atom. The highest BCUT2D eigenvalue weighted by Crippen LogP contribution is 2.55. The molecule has 46 heavy (non-hydrogen) atoms. The largest absolute Gasteiger partial charge is 0.476 e. The van der Waals surface area contributed by atoms with Gasteiger partial charge in [-0.25, -0.2) is 9.13 Å². The van der Waals surface area contributed by atoms with Gasteiger partial charge in [0.05, 0.1) is 26.4 Å². The van der Waals surface area contributed by atoms with Gasteiger partial charge in [-0.15, -0.1) is 0 Å². The van der Waals surface area contributed by atoms with E-state index in [1.165, 1.54) is 12.2 Å². The highest BCUT2D eigenvalue weighted by atomic mass is 31.2. The third-order valence-corrected chi connectivity index (χ3v) is 9.73. The molecule has 0 amide bonds. The van der Waals surface area contributed by atoms with Crippen LogP contribution in [0.25, 0.3) is 0 Å². The molecule has 4 aromatic carbocycles. The van der Waals surface area contributed by atoms with Gasteiger partial charge in [0.1, 0.15) is 24.4 Å². The van der Waals surface area contributed by atoms with E-state index in [1.54, 1.807) is 48.5 Å². The van der Waals surface area contributed by atoms with Crippen LogP contribution < -0.4 is 0 Å². The summed E-state index contributed by atoms with van der Waals surface area (Å²) in [5, 5.41) is 22.1. The minimum absolute atomic E-state index is 0.0889. The van der Waals surface area contributed by atoms with Crippen LogP contribution in [0, 0.1) is 0 Å². The van der Waals surface area contributed by atoms with Crippen molar-refractivity contribution in [2.75, 3.05) is 0 Å². The first-order valence-electron chi connectivity index (χ1n) is 14.7. The third kappa shape index (κ3) is 10.1. The van der Waals surface area contributed by atoms with Crippen molar-refractivity contribution in [3.05, 3.63) is 156 Å². The summed E-state index contributed by atoms with van der Waals surface area (Å²) in [6, 6.07) is 36.2. The lowest BCUT2D eigenvalue weighted by molar-refractivity contribution is -0.0907. The van der Waals surface area contributed by atoms with Gasteiger partial charge >= 0.3 is 15.6 Å². The molecule has 0 fully saturated rings. The van der Waals surface area contributed by atoms with Crippen molar-refractivity contribution >= 4 is 15.6 Å². The molecule has 1 aliphatic rings. The van der Waals surface area contributed by atoms with Gasteiger partial charge in [-0.2, -0.15) is 0 Å². The topological polar surface area (TPSA) is 130 Å². The number of rotatable bonds is 16. The van der Waals surface area contributed by atoms with E-state index < -0.39 is 40.1 Å². The van der Waals surface area contributed by atoms with Crippen LogP contribution in [0.15, 0.2) is 133 Å². The predicted octanol–water partition coefficient (Wildman–Crippen LogP) is 7.13. The van der Waals surface area contributed by atoms with E-state index >= 15 is 0 Å². The van der Waals surface area contributed by atoms with Gasteiger partial charge in [0.15, 0.2) is 0 Å². The van der Waals surface area contributed by atoms with Crippen molar-refractivity contribution in [1.82, 2.24) is 0 Å². The molecule has 0 heterocycles. The van der Waals surface area contributed by atoms with E-state index in [0.29, 0.717) is 0 Å². The number of benzene rings is 4. The SMILES string of the molecule is O=P(OCc1ccccc1)(OCc1ccccc1)O[C@H]1C=C[C@H](OP(=O)(OCc2ccccc2)OCc2ccccc2)[C@@H](O)[C@@H]1O. The fraction of sp³-hybridized carbons (Fsp3) is 0.235. The van der Waals surface area contributed by atoms with Crippen molar-refractivity contribution in [3.8, 4) is 0 Å². The van der Waals surface area contributed by atoms with E-state index in [0.717, 1.165) is 22.3 Å². The van der Waals surface area contributed by atoms with E-state index in [9.17, 15) is 19.3 Å². The summed E-state index contributed by atoms with van der Waals surface area (Å²) in [6.07, 6.45) is -3.29. The average Bonchev–Trinajstić information content (AvgIpc) is 3.10. The summed E-state index contributed by atoms with van der Waals surface area (Å²) in [6.45, 7) is -0.355. The molecule has 2 N–H and O–H groups in total. The zero-order valence-corrected chi connectivity index (χ0v) is 26.7. The molecule has 12 heteroatoms. The van der Waals surface area contributed by atoms with Crippen molar-refractivity contribution in [2.24, 2.45) is 0 Å². The molecule has 10 nitrogen and oxygen atoms in total. The normalized spacial score (nSPS) is 20.0. The van der Waals surface area contributed by atoms with Crippen molar-refractivity contribution in [1.29, 1.82) is 0 Å². The van der Waals surface area contributed by atoms with Gasteiger partial charge in [-0.05, 0) is 22.3 Å². The summed E-state index contributed by atoms with van der Waals surface area (Å²) in [5.74, 6) is 0. The Labute approximate surface area is 268 Å². The molecule has 0 bridgehead atoms. The Morgan fingerprint density at radius 1 is 0.435 bits per heavy atom. The second-order valence-corrected chi connectivity index (χ2v) is 13.7. The van der Waals surface area contributed by atoms with Crippen LogP contribution in [0.1, 0.15) is 22.3 Å². The van der Waals surface area contributed by atoms with E-state index in [-0.39, 0.29) is 26.4 Å². The summed E-state index contributed by atoms with van der Waals surface area (Å²) in [4.78, 5) is 0. The molecule has 4 atom stereocenters. The molecular formula is C34H36O10P2. The highest BCUT2D eigenvalue weighted by Gasteiger charge is 2.43. The van der Waals surface area contributed by atoms with Gasteiger partial charge in [0.25, 0.3) is 0 Å². The van der Waals surface area contributed by atoms with E-state index in [2.05, 4.69) is 0 Å². The molecule has 4 aromatic rings. The molecule has 0 saturated heterocycles. The maximum Gasteiger partial charge on any atom is 0.476 e. The highest BCUT2D eigenvalue weighted by molar-refractivity contribution is 7.48. The number of phosphoric ester groups is 2. The standard InChI is InChI=1S/C34H36O10P2/c35-33-31(43-45(37,39-23-27-13-5-1-6-14-27)40-24-28-15-7-2-8-16-28)21-22-32(34(33)36)44-46(38,41-25-29-17-9-3-10-18-29)42-26-30-19-11-4-12-20-30/h1-22,31-36H,23-26H2/t31-,32-,33+,34+/m0/s1. The van der Waals surface area contributed by atoms with Crippen LogP contribution in [0.3, 0.4) is 0 Å². The van der Waals surface area contributed by atoms with Gasteiger partial charge < -0.3 is 10.2 Å². The Hall–Kier alpha value is -3.24.